The quantitative estimate of drug-likeness (QED) is 0.843. The molecule has 1 aromatic heterocycles. The molecule has 0 atom stereocenters. The molecule has 0 unspecified atom stereocenters. The minimum absolute atomic E-state index is 0.0349. The third-order valence-electron chi connectivity index (χ3n) is 3.48. The number of aryl methyl sites for hydroxylation is 2. The number of aromatic nitrogens is 2. The van der Waals surface area contributed by atoms with E-state index in [1.54, 1.807) is 26.1 Å². The molecular formula is C13H12ClN3O3S. The van der Waals surface area contributed by atoms with Crippen LogP contribution in [0.4, 0.5) is 0 Å². The van der Waals surface area contributed by atoms with Crippen LogP contribution < -0.4 is 0 Å². The van der Waals surface area contributed by atoms with Gasteiger partial charge in [-0.15, -0.1) is 0 Å². The molecule has 0 N–H and O–H groups in total. The highest BCUT2D eigenvalue weighted by Crippen LogP contribution is 2.32. The van der Waals surface area contributed by atoms with Gasteiger partial charge in [-0.05, 0) is 19.1 Å². The molecule has 0 spiro atoms. The molecule has 0 radical (unpaired) electrons. The Morgan fingerprint density at radius 1 is 1.29 bits per heavy atom. The smallest absolute Gasteiger partial charge is 0.268 e. The monoisotopic (exact) mass is 325 g/mol. The zero-order valence-corrected chi connectivity index (χ0v) is 12.9. The second kappa shape index (κ2) is 4.57. The third-order valence-corrected chi connectivity index (χ3v) is 5.74. The normalized spacial score (nSPS) is 16.3. The molecule has 1 aliphatic rings. The predicted molar refractivity (Wildman–Crippen MR) is 76.5 cm³/mol. The summed E-state index contributed by atoms with van der Waals surface area (Å²) in [6, 6.07) is 6.17. The van der Waals surface area contributed by atoms with Crippen molar-refractivity contribution in [2.45, 2.75) is 18.4 Å². The Morgan fingerprint density at radius 3 is 2.52 bits per heavy atom. The van der Waals surface area contributed by atoms with Crippen LogP contribution in [0.15, 0.2) is 29.2 Å². The van der Waals surface area contributed by atoms with Gasteiger partial charge in [-0.25, -0.2) is 12.7 Å². The summed E-state index contributed by atoms with van der Waals surface area (Å²) in [5.74, 6) is -0.537. The van der Waals surface area contributed by atoms with E-state index in [1.807, 2.05) is 0 Å². The van der Waals surface area contributed by atoms with E-state index in [0.29, 0.717) is 16.4 Å². The molecule has 1 aliphatic heterocycles. The van der Waals surface area contributed by atoms with Gasteiger partial charge in [-0.2, -0.15) is 5.10 Å². The van der Waals surface area contributed by atoms with E-state index in [-0.39, 0.29) is 17.0 Å². The molecule has 0 aliphatic carbocycles. The van der Waals surface area contributed by atoms with Crippen LogP contribution in [-0.2, 0) is 23.6 Å². The average Bonchev–Trinajstić information content (AvgIpc) is 2.79. The third kappa shape index (κ3) is 1.96. The van der Waals surface area contributed by atoms with Gasteiger partial charge in [-0.1, -0.05) is 23.7 Å². The number of benzene rings is 1. The summed E-state index contributed by atoms with van der Waals surface area (Å²) in [4.78, 5) is 12.4. The summed E-state index contributed by atoms with van der Waals surface area (Å²) in [6.07, 6.45) is 0. The fraction of sp³-hybridized carbons (Fsp3) is 0.231. The van der Waals surface area contributed by atoms with Crippen LogP contribution in [0.2, 0.25) is 5.15 Å². The van der Waals surface area contributed by atoms with Crippen molar-refractivity contribution in [1.82, 2.24) is 14.1 Å². The molecule has 21 heavy (non-hydrogen) atoms. The van der Waals surface area contributed by atoms with E-state index in [2.05, 4.69) is 5.10 Å². The summed E-state index contributed by atoms with van der Waals surface area (Å²) < 4.78 is 27.2. The van der Waals surface area contributed by atoms with Gasteiger partial charge in [0.15, 0.2) is 0 Å². The van der Waals surface area contributed by atoms with E-state index in [1.165, 1.54) is 16.8 Å². The lowest BCUT2D eigenvalue weighted by Crippen LogP contribution is -2.29. The van der Waals surface area contributed by atoms with Gasteiger partial charge in [0.2, 0.25) is 0 Å². The predicted octanol–water partition coefficient (Wildman–Crippen LogP) is 1.73. The van der Waals surface area contributed by atoms with Crippen molar-refractivity contribution >= 4 is 27.5 Å². The number of sulfonamides is 1. The van der Waals surface area contributed by atoms with Crippen molar-refractivity contribution in [3.05, 3.63) is 46.2 Å². The molecule has 110 valence electrons. The van der Waals surface area contributed by atoms with E-state index in [9.17, 15) is 13.2 Å². The van der Waals surface area contributed by atoms with Crippen molar-refractivity contribution in [2.24, 2.45) is 7.05 Å². The molecule has 1 aromatic carbocycles. The maximum Gasteiger partial charge on any atom is 0.269 e. The first-order valence-corrected chi connectivity index (χ1v) is 8.00. The number of hydrogen-bond acceptors (Lipinski definition) is 4. The molecule has 2 aromatic rings. The number of carbonyl (C=O) groups is 1. The minimum atomic E-state index is -3.83. The lowest BCUT2D eigenvalue weighted by molar-refractivity contribution is 0.0865. The molecule has 8 heteroatoms. The summed E-state index contributed by atoms with van der Waals surface area (Å²) >= 11 is 6.11. The zero-order valence-electron chi connectivity index (χ0n) is 11.4. The largest absolute Gasteiger partial charge is 0.269 e. The second-order valence-corrected chi connectivity index (χ2v) is 6.98. The molecule has 6 nitrogen and oxygen atoms in total. The van der Waals surface area contributed by atoms with Gasteiger partial charge in [0.05, 0.1) is 17.8 Å². The second-order valence-electron chi connectivity index (χ2n) is 4.79. The molecule has 3 rings (SSSR count). The van der Waals surface area contributed by atoms with E-state index >= 15 is 0 Å². The van der Waals surface area contributed by atoms with Crippen LogP contribution in [0.5, 0.6) is 0 Å². The Labute approximate surface area is 127 Å². The molecule has 0 fully saturated rings. The van der Waals surface area contributed by atoms with Gasteiger partial charge in [0.1, 0.15) is 10.0 Å². The lowest BCUT2D eigenvalue weighted by Gasteiger charge is -2.14. The van der Waals surface area contributed by atoms with Crippen molar-refractivity contribution in [3.8, 4) is 0 Å². The number of rotatable bonds is 2. The van der Waals surface area contributed by atoms with Crippen molar-refractivity contribution in [1.29, 1.82) is 0 Å². The van der Waals surface area contributed by atoms with Crippen LogP contribution in [0.3, 0.4) is 0 Å². The fourth-order valence-corrected chi connectivity index (χ4v) is 4.16. The number of halogens is 1. The minimum Gasteiger partial charge on any atom is -0.268 e. The first-order valence-electron chi connectivity index (χ1n) is 6.18. The Bertz CT molecular complexity index is 858. The maximum atomic E-state index is 12.5. The van der Waals surface area contributed by atoms with Gasteiger partial charge < -0.3 is 0 Å². The van der Waals surface area contributed by atoms with Crippen LogP contribution in [0.1, 0.15) is 21.6 Å². The Morgan fingerprint density at radius 2 is 1.95 bits per heavy atom. The Kier molecular flexibility index (Phi) is 3.07. The molecule has 0 bridgehead atoms. The first kappa shape index (κ1) is 14.1. The SMILES string of the molecule is Cc1nn(C)c(Cl)c1CN1C(=O)c2ccccc2S1(=O)=O. The Balaban J connectivity index is 2.08. The van der Waals surface area contributed by atoms with Crippen molar-refractivity contribution in [3.63, 3.8) is 0 Å². The summed E-state index contributed by atoms with van der Waals surface area (Å²) in [6.45, 7) is 1.61. The van der Waals surface area contributed by atoms with E-state index in [0.717, 1.165) is 4.31 Å². The van der Waals surface area contributed by atoms with Crippen LogP contribution in [-0.4, -0.2) is 28.4 Å². The number of nitrogens with zero attached hydrogens (tertiary/aromatic N) is 3. The number of amides is 1. The van der Waals surface area contributed by atoms with Crippen LogP contribution >= 0.6 is 11.6 Å². The van der Waals surface area contributed by atoms with Gasteiger partial charge >= 0.3 is 0 Å². The summed E-state index contributed by atoms with van der Waals surface area (Å²) in [5.41, 5.74) is 1.32. The van der Waals surface area contributed by atoms with Gasteiger partial charge in [0, 0.05) is 12.6 Å². The number of carbonyl (C=O) groups excluding carboxylic acids is 1. The van der Waals surface area contributed by atoms with Gasteiger partial charge in [0.25, 0.3) is 15.9 Å². The lowest BCUT2D eigenvalue weighted by atomic mass is 10.2. The number of hydrogen-bond donors (Lipinski definition) is 0. The van der Waals surface area contributed by atoms with Crippen LogP contribution in [0, 0.1) is 6.92 Å². The van der Waals surface area contributed by atoms with Crippen molar-refractivity contribution in [2.75, 3.05) is 0 Å². The summed E-state index contributed by atoms with van der Waals surface area (Å²) in [5, 5.41) is 4.45. The Hall–Kier alpha value is -1.86. The highest BCUT2D eigenvalue weighted by Gasteiger charge is 2.41. The summed E-state index contributed by atoms with van der Waals surface area (Å²) in [7, 11) is -2.17. The average molecular weight is 326 g/mol. The standard InChI is InChI=1S/C13H12ClN3O3S/c1-8-10(12(14)16(2)15-8)7-17-13(18)9-5-3-4-6-11(9)21(17,19)20/h3-6H,7H2,1-2H3. The van der Waals surface area contributed by atoms with Crippen molar-refractivity contribution < 1.29 is 13.2 Å². The highest BCUT2D eigenvalue weighted by molar-refractivity contribution is 7.90. The fourth-order valence-electron chi connectivity index (χ4n) is 2.38. The molecule has 0 saturated carbocycles. The maximum absolute atomic E-state index is 12.5. The van der Waals surface area contributed by atoms with E-state index < -0.39 is 15.9 Å². The number of fused-ring (bicyclic) bond motifs is 1. The molecule has 2 heterocycles. The van der Waals surface area contributed by atoms with Crippen LogP contribution in [0.25, 0.3) is 0 Å². The highest BCUT2D eigenvalue weighted by atomic mass is 35.5. The van der Waals surface area contributed by atoms with E-state index in [4.69, 9.17) is 11.6 Å². The topological polar surface area (TPSA) is 72.3 Å². The molecule has 0 saturated heterocycles. The first-order chi connectivity index (χ1) is 9.84. The molecule has 1 amide bonds. The zero-order chi connectivity index (χ0) is 15.4. The van der Waals surface area contributed by atoms with Gasteiger partial charge in [-0.3, -0.25) is 9.48 Å². The molecular weight excluding hydrogens is 314 g/mol.